The molecule has 50 valence electrons. The average molecular weight is 138 g/mol. The minimum Gasteiger partial charge on any atom is -0.476 e. The second kappa shape index (κ2) is 2.19. The van der Waals surface area contributed by atoms with E-state index in [1.807, 2.05) is 0 Å². The molecule has 1 N–H and O–H groups in total. The van der Waals surface area contributed by atoms with Crippen molar-refractivity contribution in [2.24, 2.45) is 0 Å². The van der Waals surface area contributed by atoms with Gasteiger partial charge in [-0.2, -0.15) is 5.26 Å². The van der Waals surface area contributed by atoms with E-state index in [0.717, 1.165) is 6.07 Å². The summed E-state index contributed by atoms with van der Waals surface area (Å²) in [5.74, 6) is -1.30. The molecule has 0 aliphatic rings. The Morgan fingerprint density at radius 1 is 1.90 bits per heavy atom. The van der Waals surface area contributed by atoms with Crippen LogP contribution >= 0.6 is 0 Å². The number of carboxylic acid groups (broad SMARTS) is 1. The third kappa shape index (κ3) is 0.951. The quantitative estimate of drug-likeness (QED) is 0.600. The molecule has 0 aliphatic carbocycles. The van der Waals surface area contributed by atoms with Crippen LogP contribution in [0.5, 0.6) is 0 Å². The van der Waals surface area contributed by atoms with Gasteiger partial charge in [0.05, 0.1) is 0 Å². The van der Waals surface area contributed by atoms with Crippen LogP contribution < -0.4 is 0 Å². The van der Waals surface area contributed by atoms with Crippen LogP contribution in [-0.2, 0) is 0 Å². The maximum Gasteiger partial charge on any atom is 0.358 e. The number of nitriles is 1. The normalized spacial score (nSPS) is 8.70. The Morgan fingerprint density at radius 3 is 2.90 bits per heavy atom. The lowest BCUT2D eigenvalue weighted by Gasteiger charge is -1.75. The molecular weight excluding hydrogens is 136 g/mol. The summed E-state index contributed by atoms with van der Waals surface area (Å²) in [6.07, 6.45) is 0. The number of aromatic nitrogens is 1. The molecule has 5 heteroatoms. The third-order valence-electron chi connectivity index (χ3n) is 0.839. The molecule has 1 aromatic heterocycles. The fourth-order valence-electron chi connectivity index (χ4n) is 0.429. The molecule has 10 heavy (non-hydrogen) atoms. The minimum atomic E-state index is -1.20. The number of hydrogen-bond acceptors (Lipinski definition) is 4. The fraction of sp³-hybridized carbons (Fsp3) is 0. The molecule has 0 spiro atoms. The van der Waals surface area contributed by atoms with Gasteiger partial charge in [-0.3, -0.25) is 0 Å². The molecule has 0 aliphatic heterocycles. The van der Waals surface area contributed by atoms with Gasteiger partial charge in [0.1, 0.15) is 6.07 Å². The van der Waals surface area contributed by atoms with Gasteiger partial charge < -0.3 is 9.63 Å². The first kappa shape index (κ1) is 6.29. The van der Waals surface area contributed by atoms with Crippen LogP contribution in [0.2, 0.25) is 0 Å². The third-order valence-corrected chi connectivity index (χ3v) is 0.839. The molecule has 0 fully saturated rings. The Bertz CT molecular complexity index is 296. The zero-order valence-corrected chi connectivity index (χ0v) is 4.74. The second-order valence-electron chi connectivity index (χ2n) is 1.49. The lowest BCUT2D eigenvalue weighted by molar-refractivity contribution is 0.0685. The Morgan fingerprint density at radius 2 is 2.60 bits per heavy atom. The van der Waals surface area contributed by atoms with Gasteiger partial charge in [0, 0.05) is 6.07 Å². The second-order valence-corrected chi connectivity index (χ2v) is 1.49. The maximum absolute atomic E-state index is 10.1. The highest BCUT2D eigenvalue weighted by molar-refractivity contribution is 5.85. The summed E-state index contributed by atoms with van der Waals surface area (Å²) in [5, 5.41) is 19.5. The Hall–Kier alpha value is -1.83. The largest absolute Gasteiger partial charge is 0.476 e. The minimum absolute atomic E-state index is 0.0996. The number of nitrogens with zero attached hydrogens (tertiary/aromatic N) is 2. The van der Waals surface area contributed by atoms with Gasteiger partial charge in [-0.05, 0) is 0 Å². The highest BCUT2D eigenvalue weighted by Crippen LogP contribution is 2.00. The van der Waals surface area contributed by atoms with E-state index in [4.69, 9.17) is 10.4 Å². The van der Waals surface area contributed by atoms with Crippen molar-refractivity contribution in [3.8, 4) is 6.07 Å². The Kier molecular flexibility index (Phi) is 1.38. The predicted molar refractivity (Wildman–Crippen MR) is 28.2 cm³/mol. The Labute approximate surface area is 55.5 Å². The average Bonchev–Trinajstić information content (AvgIpc) is 2.34. The van der Waals surface area contributed by atoms with Crippen molar-refractivity contribution in [3.05, 3.63) is 17.5 Å². The first-order valence-corrected chi connectivity index (χ1v) is 2.34. The van der Waals surface area contributed by atoms with Crippen molar-refractivity contribution < 1.29 is 14.4 Å². The van der Waals surface area contributed by atoms with Crippen molar-refractivity contribution >= 4 is 5.97 Å². The smallest absolute Gasteiger partial charge is 0.358 e. The zero-order chi connectivity index (χ0) is 7.56. The molecule has 0 amide bonds. The van der Waals surface area contributed by atoms with Crippen molar-refractivity contribution in [2.75, 3.05) is 0 Å². The van der Waals surface area contributed by atoms with Gasteiger partial charge in [-0.1, -0.05) is 5.16 Å². The van der Waals surface area contributed by atoms with E-state index in [9.17, 15) is 4.79 Å². The molecule has 0 atom stereocenters. The highest BCUT2D eigenvalue weighted by Gasteiger charge is 2.08. The van der Waals surface area contributed by atoms with Crippen LogP contribution in [0.1, 0.15) is 16.2 Å². The molecule has 1 heterocycles. The number of rotatable bonds is 1. The van der Waals surface area contributed by atoms with Crippen molar-refractivity contribution in [3.63, 3.8) is 0 Å². The van der Waals surface area contributed by atoms with E-state index in [1.54, 1.807) is 6.07 Å². The molecule has 0 saturated heterocycles. The summed E-state index contributed by atoms with van der Waals surface area (Å²) < 4.78 is 4.28. The summed E-state index contributed by atoms with van der Waals surface area (Å²) >= 11 is 0. The summed E-state index contributed by atoms with van der Waals surface area (Å²) in [7, 11) is 0. The molecule has 0 aromatic carbocycles. The Balaban J connectivity index is 3.02. The van der Waals surface area contributed by atoms with Crippen molar-refractivity contribution in [2.45, 2.75) is 0 Å². The van der Waals surface area contributed by atoms with Gasteiger partial charge in [0.15, 0.2) is 5.69 Å². The lowest BCUT2D eigenvalue weighted by Crippen LogP contribution is -1.94. The van der Waals surface area contributed by atoms with Crippen LogP contribution in [0, 0.1) is 11.3 Å². The fourth-order valence-corrected chi connectivity index (χ4v) is 0.429. The molecule has 1 rings (SSSR count). The predicted octanol–water partition coefficient (Wildman–Crippen LogP) is 0.244. The van der Waals surface area contributed by atoms with Crippen LogP contribution in [0.15, 0.2) is 10.6 Å². The summed E-state index contributed by atoms with van der Waals surface area (Å²) in [5.41, 5.74) is -0.253. The van der Waals surface area contributed by atoms with Gasteiger partial charge >= 0.3 is 5.97 Å². The number of carboxylic acids is 1. The zero-order valence-electron chi connectivity index (χ0n) is 4.74. The summed E-state index contributed by atoms with van der Waals surface area (Å²) in [6.45, 7) is 0. The first-order valence-electron chi connectivity index (χ1n) is 2.34. The van der Waals surface area contributed by atoms with Crippen molar-refractivity contribution in [1.82, 2.24) is 5.16 Å². The molecule has 0 radical (unpaired) electrons. The summed E-state index contributed by atoms with van der Waals surface area (Å²) in [4.78, 5) is 10.1. The van der Waals surface area contributed by atoms with E-state index in [1.165, 1.54) is 0 Å². The molecule has 0 unspecified atom stereocenters. The van der Waals surface area contributed by atoms with E-state index in [-0.39, 0.29) is 11.5 Å². The summed E-state index contributed by atoms with van der Waals surface area (Å²) in [6, 6.07) is 2.67. The van der Waals surface area contributed by atoms with E-state index < -0.39 is 5.97 Å². The monoisotopic (exact) mass is 138 g/mol. The van der Waals surface area contributed by atoms with Gasteiger partial charge in [0.2, 0.25) is 5.76 Å². The van der Waals surface area contributed by atoms with Crippen molar-refractivity contribution in [1.29, 1.82) is 5.26 Å². The molecule has 5 nitrogen and oxygen atoms in total. The standard InChI is InChI=1S/C5H2N2O3/c6-2-3-1-4(5(8)9)7-10-3/h1H,(H,8,9). The number of hydrogen-bond donors (Lipinski definition) is 1. The molecule has 0 saturated carbocycles. The maximum atomic E-state index is 10.1. The molecule has 0 bridgehead atoms. The van der Waals surface area contributed by atoms with Gasteiger partial charge in [-0.25, -0.2) is 4.79 Å². The first-order chi connectivity index (χ1) is 4.74. The van der Waals surface area contributed by atoms with Crippen LogP contribution in [0.3, 0.4) is 0 Å². The van der Waals surface area contributed by atoms with E-state index >= 15 is 0 Å². The number of aromatic carboxylic acids is 1. The lowest BCUT2D eigenvalue weighted by atomic mass is 10.4. The van der Waals surface area contributed by atoms with Gasteiger partial charge in [-0.15, -0.1) is 0 Å². The van der Waals surface area contributed by atoms with E-state index in [0.29, 0.717) is 0 Å². The van der Waals surface area contributed by atoms with Crippen LogP contribution in [0.4, 0.5) is 0 Å². The SMILES string of the molecule is N#Cc1cc(C(=O)O)no1. The highest BCUT2D eigenvalue weighted by atomic mass is 16.5. The topological polar surface area (TPSA) is 87.1 Å². The van der Waals surface area contributed by atoms with Crippen LogP contribution in [0.25, 0.3) is 0 Å². The molecule has 1 aromatic rings. The van der Waals surface area contributed by atoms with E-state index in [2.05, 4.69) is 9.68 Å². The van der Waals surface area contributed by atoms with Gasteiger partial charge in [0.25, 0.3) is 0 Å². The van der Waals surface area contributed by atoms with Crippen LogP contribution in [-0.4, -0.2) is 16.2 Å². The molecular formula is C5H2N2O3. The number of carbonyl (C=O) groups is 1.